The van der Waals surface area contributed by atoms with Crippen LogP contribution in [0, 0.1) is 5.92 Å². The summed E-state index contributed by atoms with van der Waals surface area (Å²) in [5.41, 5.74) is 0.756. The molecule has 2 fully saturated rings. The van der Waals surface area contributed by atoms with Gasteiger partial charge in [0.1, 0.15) is 5.75 Å². The van der Waals surface area contributed by atoms with Gasteiger partial charge in [-0.05, 0) is 57.0 Å². The van der Waals surface area contributed by atoms with Crippen LogP contribution in [0.25, 0.3) is 0 Å². The number of ether oxygens (including phenoxy) is 1. The van der Waals surface area contributed by atoms with Crippen molar-refractivity contribution in [1.29, 1.82) is 0 Å². The van der Waals surface area contributed by atoms with Gasteiger partial charge in [0.15, 0.2) is 0 Å². The van der Waals surface area contributed by atoms with Crippen molar-refractivity contribution in [3.63, 3.8) is 0 Å². The third-order valence-electron chi connectivity index (χ3n) is 5.70. The van der Waals surface area contributed by atoms with Crippen LogP contribution in [-0.4, -0.2) is 80.1 Å². The Bertz CT molecular complexity index is 567. The van der Waals surface area contributed by atoms with Crippen LogP contribution in [0.2, 0.25) is 0 Å². The number of rotatable bonds is 4. The summed E-state index contributed by atoms with van der Waals surface area (Å²) in [5.74, 6) is 1.65. The van der Waals surface area contributed by atoms with Crippen LogP contribution in [0.3, 0.4) is 0 Å². The highest BCUT2D eigenvalue weighted by atomic mass is 16.5. The first-order valence-electron chi connectivity index (χ1n) is 9.42. The van der Waals surface area contributed by atoms with E-state index in [0.29, 0.717) is 12.0 Å². The zero-order valence-electron chi connectivity index (χ0n) is 15.8. The molecule has 25 heavy (non-hydrogen) atoms. The predicted molar refractivity (Wildman–Crippen MR) is 100 cm³/mol. The molecule has 2 aliphatic rings. The second kappa shape index (κ2) is 8.19. The summed E-state index contributed by atoms with van der Waals surface area (Å²) in [6.45, 7) is 8.75. The van der Waals surface area contributed by atoms with Crippen LogP contribution in [-0.2, 0) is 0 Å². The van der Waals surface area contributed by atoms with E-state index in [4.69, 9.17) is 4.74 Å². The third-order valence-corrected chi connectivity index (χ3v) is 5.70. The van der Waals surface area contributed by atoms with E-state index in [-0.39, 0.29) is 5.91 Å². The summed E-state index contributed by atoms with van der Waals surface area (Å²) in [7, 11) is 3.85. The molecule has 1 aromatic carbocycles. The summed E-state index contributed by atoms with van der Waals surface area (Å²) >= 11 is 0. The maximum absolute atomic E-state index is 12.7. The first-order chi connectivity index (χ1) is 12.1. The highest BCUT2D eigenvalue weighted by Gasteiger charge is 2.28. The van der Waals surface area contributed by atoms with E-state index in [1.807, 2.05) is 29.2 Å². The molecule has 3 rings (SSSR count). The highest BCUT2D eigenvalue weighted by molar-refractivity contribution is 5.94. The minimum atomic E-state index is 0.147. The highest BCUT2D eigenvalue weighted by Crippen LogP contribution is 2.22. The van der Waals surface area contributed by atoms with Gasteiger partial charge < -0.3 is 14.5 Å². The van der Waals surface area contributed by atoms with Crippen LogP contribution >= 0.6 is 0 Å². The Morgan fingerprint density at radius 1 is 1.12 bits per heavy atom. The van der Waals surface area contributed by atoms with E-state index in [1.165, 1.54) is 19.6 Å². The largest absolute Gasteiger partial charge is 0.497 e. The molecule has 0 radical (unpaired) electrons. The van der Waals surface area contributed by atoms with Crippen LogP contribution in [0.1, 0.15) is 30.1 Å². The fourth-order valence-corrected chi connectivity index (χ4v) is 4.02. The Labute approximate surface area is 151 Å². The van der Waals surface area contributed by atoms with Gasteiger partial charge in [0.25, 0.3) is 5.91 Å². The number of carbonyl (C=O) groups excluding carboxylic acids is 1. The standard InChI is InChI=1S/C20H31N3O2/c1-16-14-21(2)12-13-23(16)15-17-8-10-22(11-9-17)20(24)18-4-6-19(25-3)7-5-18/h4-7,16-17H,8-15H2,1-3H3/t16-/m1/s1. The predicted octanol–water partition coefficient (Wildman–Crippen LogP) is 2.18. The summed E-state index contributed by atoms with van der Waals surface area (Å²) in [6, 6.07) is 8.07. The van der Waals surface area contributed by atoms with Gasteiger partial charge in [0.05, 0.1) is 7.11 Å². The van der Waals surface area contributed by atoms with Crippen molar-refractivity contribution in [3.8, 4) is 5.75 Å². The molecule has 2 saturated heterocycles. The Hall–Kier alpha value is -1.59. The number of benzene rings is 1. The maximum Gasteiger partial charge on any atom is 0.253 e. The number of hydrogen-bond acceptors (Lipinski definition) is 4. The Balaban J connectivity index is 1.48. The SMILES string of the molecule is COc1ccc(C(=O)N2CCC(CN3CCN(C)C[C@H]3C)CC2)cc1. The van der Waals surface area contributed by atoms with E-state index in [1.54, 1.807) is 7.11 Å². The zero-order valence-corrected chi connectivity index (χ0v) is 15.8. The Kier molecular flexibility index (Phi) is 5.97. The molecule has 138 valence electrons. The molecular weight excluding hydrogens is 314 g/mol. The molecule has 2 heterocycles. The normalized spacial score (nSPS) is 23.6. The van der Waals surface area contributed by atoms with E-state index in [9.17, 15) is 4.79 Å². The number of likely N-dealkylation sites (N-methyl/N-ethyl adjacent to an activating group) is 1. The minimum absolute atomic E-state index is 0.147. The molecule has 0 bridgehead atoms. The number of likely N-dealkylation sites (tertiary alicyclic amines) is 1. The number of methoxy groups -OCH3 is 1. The van der Waals surface area contributed by atoms with Crippen LogP contribution in [0.4, 0.5) is 0 Å². The molecule has 2 aliphatic heterocycles. The zero-order chi connectivity index (χ0) is 17.8. The third kappa shape index (κ3) is 4.53. The van der Waals surface area contributed by atoms with Crippen molar-refractivity contribution < 1.29 is 9.53 Å². The topological polar surface area (TPSA) is 36.0 Å². The number of nitrogens with zero attached hydrogens (tertiary/aromatic N) is 3. The van der Waals surface area contributed by atoms with Crippen molar-refractivity contribution in [3.05, 3.63) is 29.8 Å². The fourth-order valence-electron chi connectivity index (χ4n) is 4.02. The molecule has 0 aliphatic carbocycles. The molecule has 1 amide bonds. The lowest BCUT2D eigenvalue weighted by Gasteiger charge is -2.41. The van der Waals surface area contributed by atoms with Gasteiger partial charge in [-0.1, -0.05) is 0 Å². The second-order valence-electron chi connectivity index (χ2n) is 7.57. The molecule has 5 nitrogen and oxygen atoms in total. The number of hydrogen-bond donors (Lipinski definition) is 0. The first-order valence-corrected chi connectivity index (χ1v) is 9.42. The summed E-state index contributed by atoms with van der Waals surface area (Å²) < 4.78 is 5.16. The summed E-state index contributed by atoms with van der Waals surface area (Å²) in [4.78, 5) is 19.7. The molecule has 0 spiro atoms. The van der Waals surface area contributed by atoms with E-state index in [2.05, 4.69) is 23.8 Å². The smallest absolute Gasteiger partial charge is 0.253 e. The molecule has 0 N–H and O–H groups in total. The van der Waals surface area contributed by atoms with Crippen molar-refractivity contribution in [2.24, 2.45) is 5.92 Å². The number of carbonyl (C=O) groups is 1. The number of piperidine rings is 1. The van der Waals surface area contributed by atoms with E-state index in [0.717, 1.165) is 43.8 Å². The fraction of sp³-hybridized carbons (Fsp3) is 0.650. The molecular formula is C20H31N3O2. The number of piperazine rings is 1. The van der Waals surface area contributed by atoms with Crippen molar-refractivity contribution in [2.45, 2.75) is 25.8 Å². The lowest BCUT2D eigenvalue weighted by molar-refractivity contribution is 0.0556. The van der Waals surface area contributed by atoms with Crippen LogP contribution in [0.5, 0.6) is 5.75 Å². The minimum Gasteiger partial charge on any atom is -0.497 e. The van der Waals surface area contributed by atoms with Gasteiger partial charge in [-0.25, -0.2) is 0 Å². The van der Waals surface area contributed by atoms with Gasteiger partial charge >= 0.3 is 0 Å². The Morgan fingerprint density at radius 2 is 1.80 bits per heavy atom. The average molecular weight is 345 g/mol. The molecule has 5 heteroatoms. The summed E-state index contributed by atoms with van der Waals surface area (Å²) in [5, 5.41) is 0. The Morgan fingerprint density at radius 3 is 2.40 bits per heavy atom. The number of amides is 1. The van der Waals surface area contributed by atoms with Crippen molar-refractivity contribution in [1.82, 2.24) is 14.7 Å². The summed E-state index contributed by atoms with van der Waals surface area (Å²) in [6.07, 6.45) is 2.22. The van der Waals surface area contributed by atoms with E-state index < -0.39 is 0 Å². The van der Waals surface area contributed by atoms with Gasteiger partial charge in [0.2, 0.25) is 0 Å². The van der Waals surface area contributed by atoms with Gasteiger partial charge in [-0.15, -0.1) is 0 Å². The molecule has 1 aromatic rings. The van der Waals surface area contributed by atoms with Crippen molar-refractivity contribution in [2.75, 3.05) is 53.4 Å². The van der Waals surface area contributed by atoms with Gasteiger partial charge in [-0.2, -0.15) is 0 Å². The molecule has 0 saturated carbocycles. The lowest BCUT2D eigenvalue weighted by Crippen LogP contribution is -2.52. The monoisotopic (exact) mass is 345 g/mol. The molecule has 0 aromatic heterocycles. The second-order valence-corrected chi connectivity index (χ2v) is 7.57. The average Bonchev–Trinajstić information content (AvgIpc) is 2.64. The van der Waals surface area contributed by atoms with Gasteiger partial charge in [-0.3, -0.25) is 9.69 Å². The van der Waals surface area contributed by atoms with Crippen LogP contribution < -0.4 is 4.74 Å². The molecule has 0 unspecified atom stereocenters. The first kappa shape index (κ1) is 18.2. The quantitative estimate of drug-likeness (QED) is 0.838. The van der Waals surface area contributed by atoms with E-state index >= 15 is 0 Å². The maximum atomic E-state index is 12.7. The molecule has 1 atom stereocenters. The lowest BCUT2D eigenvalue weighted by atomic mass is 9.94. The van der Waals surface area contributed by atoms with Crippen LogP contribution in [0.15, 0.2) is 24.3 Å². The van der Waals surface area contributed by atoms with Gasteiger partial charge in [0, 0.05) is 50.9 Å². The van der Waals surface area contributed by atoms with Crippen molar-refractivity contribution >= 4 is 5.91 Å².